The number of hydrogen-bond donors (Lipinski definition) is 0. The quantitative estimate of drug-likeness (QED) is 0.851. The van der Waals surface area contributed by atoms with Gasteiger partial charge in [-0.3, -0.25) is 9.69 Å². The molecule has 3 rings (SSSR count). The fourth-order valence-corrected chi connectivity index (χ4v) is 3.62. The predicted molar refractivity (Wildman–Crippen MR) is 96.0 cm³/mol. The Hall–Kier alpha value is -1.65. The van der Waals surface area contributed by atoms with Crippen molar-refractivity contribution in [3.63, 3.8) is 0 Å². The lowest BCUT2D eigenvalue weighted by molar-refractivity contribution is 0.0633. The van der Waals surface area contributed by atoms with Gasteiger partial charge in [0.15, 0.2) is 0 Å². The van der Waals surface area contributed by atoms with Gasteiger partial charge in [0.25, 0.3) is 5.91 Å². The molecule has 122 valence electrons. The highest BCUT2D eigenvalue weighted by Crippen LogP contribution is 2.17. The van der Waals surface area contributed by atoms with Gasteiger partial charge < -0.3 is 4.90 Å². The molecule has 1 amide bonds. The molecule has 0 atom stereocenters. The number of hydrogen-bond acceptors (Lipinski definition) is 3. The molecule has 0 bridgehead atoms. The molecule has 1 saturated heterocycles. The lowest BCUT2D eigenvalue weighted by Gasteiger charge is -2.34. The van der Waals surface area contributed by atoms with Crippen LogP contribution in [0, 0.1) is 0 Å². The van der Waals surface area contributed by atoms with E-state index in [0.29, 0.717) is 5.92 Å². The van der Waals surface area contributed by atoms with Crippen molar-refractivity contribution in [2.45, 2.75) is 26.3 Å². The van der Waals surface area contributed by atoms with Gasteiger partial charge in [0, 0.05) is 32.7 Å². The number of nitrogens with zero attached hydrogens (tertiary/aromatic N) is 2. The molecule has 2 heterocycles. The molecule has 0 saturated carbocycles. The third kappa shape index (κ3) is 4.01. The predicted octanol–water partition coefficient (Wildman–Crippen LogP) is 3.83. The molecule has 0 unspecified atom stereocenters. The normalized spacial score (nSPS) is 16.0. The SMILES string of the molecule is CC(C)c1ccc(CN2CCN(C(=O)c3cccs3)CC2)cc1. The summed E-state index contributed by atoms with van der Waals surface area (Å²) >= 11 is 1.53. The summed E-state index contributed by atoms with van der Waals surface area (Å²) in [5.41, 5.74) is 2.74. The molecule has 1 aromatic heterocycles. The minimum Gasteiger partial charge on any atom is -0.335 e. The van der Waals surface area contributed by atoms with Crippen LogP contribution in [0.2, 0.25) is 0 Å². The van der Waals surface area contributed by atoms with Crippen molar-refractivity contribution >= 4 is 17.2 Å². The fourth-order valence-electron chi connectivity index (χ4n) is 2.93. The van der Waals surface area contributed by atoms with Crippen LogP contribution >= 0.6 is 11.3 Å². The van der Waals surface area contributed by atoms with Crippen LogP contribution in [-0.2, 0) is 6.54 Å². The van der Waals surface area contributed by atoms with Crippen LogP contribution < -0.4 is 0 Å². The summed E-state index contributed by atoms with van der Waals surface area (Å²) in [4.78, 5) is 17.6. The Labute approximate surface area is 142 Å². The van der Waals surface area contributed by atoms with Crippen LogP contribution in [0.4, 0.5) is 0 Å². The Bertz CT molecular complexity index is 626. The number of piperazine rings is 1. The van der Waals surface area contributed by atoms with E-state index in [0.717, 1.165) is 37.6 Å². The largest absolute Gasteiger partial charge is 0.335 e. The number of carbonyl (C=O) groups is 1. The first-order valence-electron chi connectivity index (χ1n) is 8.27. The number of rotatable bonds is 4. The van der Waals surface area contributed by atoms with E-state index in [-0.39, 0.29) is 5.91 Å². The van der Waals surface area contributed by atoms with Crippen molar-refractivity contribution < 1.29 is 4.79 Å². The van der Waals surface area contributed by atoms with Crippen LogP contribution in [0.25, 0.3) is 0 Å². The smallest absolute Gasteiger partial charge is 0.264 e. The first-order valence-corrected chi connectivity index (χ1v) is 9.15. The van der Waals surface area contributed by atoms with Gasteiger partial charge in [0.05, 0.1) is 4.88 Å². The zero-order valence-corrected chi connectivity index (χ0v) is 14.7. The topological polar surface area (TPSA) is 23.6 Å². The van der Waals surface area contributed by atoms with E-state index < -0.39 is 0 Å². The zero-order chi connectivity index (χ0) is 16.2. The van der Waals surface area contributed by atoms with Crippen molar-refractivity contribution in [1.29, 1.82) is 0 Å². The molecule has 1 aromatic carbocycles. The molecule has 23 heavy (non-hydrogen) atoms. The molecule has 0 N–H and O–H groups in total. The molecule has 0 radical (unpaired) electrons. The molecule has 4 heteroatoms. The van der Waals surface area contributed by atoms with E-state index in [4.69, 9.17) is 0 Å². The number of benzene rings is 1. The maximum atomic E-state index is 12.3. The molecule has 0 spiro atoms. The average molecular weight is 328 g/mol. The Morgan fingerprint density at radius 3 is 2.35 bits per heavy atom. The van der Waals surface area contributed by atoms with Crippen LogP contribution in [0.5, 0.6) is 0 Å². The first kappa shape index (κ1) is 16.2. The van der Waals surface area contributed by atoms with Crippen molar-refractivity contribution in [2.24, 2.45) is 0 Å². The standard InChI is InChI=1S/C19H24N2OS/c1-15(2)17-7-5-16(6-8-17)14-20-9-11-21(12-10-20)19(22)18-4-3-13-23-18/h3-8,13,15H,9-12,14H2,1-2H3. The van der Waals surface area contributed by atoms with Crippen LogP contribution in [0.15, 0.2) is 41.8 Å². The van der Waals surface area contributed by atoms with E-state index in [9.17, 15) is 4.79 Å². The summed E-state index contributed by atoms with van der Waals surface area (Å²) in [6.45, 7) is 8.95. The van der Waals surface area contributed by atoms with Gasteiger partial charge in [0.2, 0.25) is 0 Å². The molecule has 3 nitrogen and oxygen atoms in total. The zero-order valence-electron chi connectivity index (χ0n) is 13.9. The third-order valence-corrected chi connectivity index (χ3v) is 5.30. The van der Waals surface area contributed by atoms with Crippen LogP contribution in [0.1, 0.15) is 40.6 Å². The van der Waals surface area contributed by atoms with E-state index in [1.165, 1.54) is 22.5 Å². The Morgan fingerprint density at radius 2 is 1.78 bits per heavy atom. The van der Waals surface area contributed by atoms with Crippen molar-refractivity contribution in [3.05, 3.63) is 57.8 Å². The summed E-state index contributed by atoms with van der Waals surface area (Å²) in [5, 5.41) is 1.96. The summed E-state index contributed by atoms with van der Waals surface area (Å²) in [6, 6.07) is 12.8. The van der Waals surface area contributed by atoms with Gasteiger partial charge in [-0.05, 0) is 28.5 Å². The second-order valence-electron chi connectivity index (χ2n) is 6.44. The summed E-state index contributed by atoms with van der Waals surface area (Å²) in [7, 11) is 0. The average Bonchev–Trinajstić information content (AvgIpc) is 3.10. The minimum absolute atomic E-state index is 0.181. The van der Waals surface area contributed by atoms with Gasteiger partial charge in [-0.15, -0.1) is 11.3 Å². The molecular weight excluding hydrogens is 304 g/mol. The second-order valence-corrected chi connectivity index (χ2v) is 7.39. The van der Waals surface area contributed by atoms with Gasteiger partial charge >= 0.3 is 0 Å². The number of carbonyl (C=O) groups excluding carboxylic acids is 1. The maximum Gasteiger partial charge on any atom is 0.264 e. The van der Waals surface area contributed by atoms with E-state index >= 15 is 0 Å². The molecular formula is C19H24N2OS. The lowest BCUT2D eigenvalue weighted by atomic mass is 10.0. The molecule has 1 aliphatic rings. The highest BCUT2D eigenvalue weighted by Gasteiger charge is 2.22. The Kier molecular flexibility index (Phi) is 5.13. The number of thiophene rings is 1. The fraction of sp³-hybridized carbons (Fsp3) is 0.421. The van der Waals surface area contributed by atoms with Crippen molar-refractivity contribution in [1.82, 2.24) is 9.80 Å². The van der Waals surface area contributed by atoms with Crippen LogP contribution in [0.3, 0.4) is 0 Å². The summed E-state index contributed by atoms with van der Waals surface area (Å²) in [6.07, 6.45) is 0. The lowest BCUT2D eigenvalue weighted by Crippen LogP contribution is -2.48. The van der Waals surface area contributed by atoms with Gasteiger partial charge in [-0.25, -0.2) is 0 Å². The summed E-state index contributed by atoms with van der Waals surface area (Å²) in [5.74, 6) is 0.761. The van der Waals surface area contributed by atoms with Gasteiger partial charge in [-0.1, -0.05) is 44.2 Å². The minimum atomic E-state index is 0.181. The third-order valence-electron chi connectivity index (χ3n) is 4.44. The summed E-state index contributed by atoms with van der Waals surface area (Å²) < 4.78 is 0. The highest BCUT2D eigenvalue weighted by atomic mass is 32.1. The van der Waals surface area contributed by atoms with Crippen molar-refractivity contribution in [2.75, 3.05) is 26.2 Å². The molecule has 1 aliphatic heterocycles. The maximum absolute atomic E-state index is 12.3. The van der Waals surface area contributed by atoms with Crippen molar-refractivity contribution in [3.8, 4) is 0 Å². The highest BCUT2D eigenvalue weighted by molar-refractivity contribution is 7.12. The van der Waals surface area contributed by atoms with Crippen LogP contribution in [-0.4, -0.2) is 41.9 Å². The number of amides is 1. The Morgan fingerprint density at radius 1 is 1.09 bits per heavy atom. The van der Waals surface area contributed by atoms with Gasteiger partial charge in [0.1, 0.15) is 0 Å². The first-order chi connectivity index (χ1) is 11.1. The molecule has 2 aromatic rings. The molecule has 1 fully saturated rings. The molecule has 0 aliphatic carbocycles. The van der Waals surface area contributed by atoms with E-state index in [2.05, 4.69) is 43.0 Å². The van der Waals surface area contributed by atoms with Gasteiger partial charge in [-0.2, -0.15) is 0 Å². The second kappa shape index (κ2) is 7.28. The monoisotopic (exact) mass is 328 g/mol. The Balaban J connectivity index is 1.52. The van der Waals surface area contributed by atoms with E-state index in [1.54, 1.807) is 0 Å². The van der Waals surface area contributed by atoms with E-state index in [1.807, 2.05) is 22.4 Å².